The van der Waals surface area contributed by atoms with Gasteiger partial charge in [-0.3, -0.25) is 4.79 Å². The Morgan fingerprint density at radius 3 is 2.40 bits per heavy atom. The zero-order valence-corrected chi connectivity index (χ0v) is 10.3. The minimum absolute atomic E-state index is 0.227. The second kappa shape index (κ2) is 5.08. The number of carbonyl (C=O) groups is 1. The molecule has 1 saturated heterocycles. The minimum Gasteiger partial charge on any atom is -0.330 e. The van der Waals surface area contributed by atoms with Crippen LogP contribution in [0.3, 0.4) is 0 Å². The summed E-state index contributed by atoms with van der Waals surface area (Å²) in [6.45, 7) is 6.76. The van der Waals surface area contributed by atoms with E-state index in [2.05, 4.69) is 11.9 Å². The summed E-state index contributed by atoms with van der Waals surface area (Å²) in [5, 5.41) is 0. The van der Waals surface area contributed by atoms with Gasteiger partial charge < -0.3 is 10.6 Å². The minimum atomic E-state index is -0.227. The standard InChI is InChI=1S/C12H24N2O/c1-12(2,6-7-13)11(15)10-4-8-14(3)9-5-10/h10H,4-9,13H2,1-3H3. The smallest absolute Gasteiger partial charge is 0.141 e. The van der Waals surface area contributed by atoms with Crippen LogP contribution in [0.25, 0.3) is 0 Å². The van der Waals surface area contributed by atoms with Crippen molar-refractivity contribution in [1.29, 1.82) is 0 Å². The first-order valence-corrected chi connectivity index (χ1v) is 5.90. The molecule has 0 bridgehead atoms. The highest BCUT2D eigenvalue weighted by molar-refractivity contribution is 5.86. The third-order valence-electron chi connectivity index (χ3n) is 3.53. The summed E-state index contributed by atoms with van der Waals surface area (Å²) in [5.74, 6) is 0.684. The van der Waals surface area contributed by atoms with Crippen molar-refractivity contribution < 1.29 is 4.79 Å². The highest BCUT2D eigenvalue weighted by Gasteiger charge is 2.34. The summed E-state index contributed by atoms with van der Waals surface area (Å²) in [6.07, 6.45) is 2.84. The maximum absolute atomic E-state index is 12.2. The molecule has 88 valence electrons. The third-order valence-corrected chi connectivity index (χ3v) is 3.53. The molecule has 0 spiro atoms. The number of likely N-dealkylation sites (tertiary alicyclic amines) is 1. The van der Waals surface area contributed by atoms with Crippen molar-refractivity contribution in [2.75, 3.05) is 26.7 Å². The summed E-state index contributed by atoms with van der Waals surface area (Å²) in [5.41, 5.74) is 5.32. The molecule has 0 unspecified atom stereocenters. The number of hydrogen-bond acceptors (Lipinski definition) is 3. The SMILES string of the molecule is CN1CCC(C(=O)C(C)(C)CCN)CC1. The predicted molar refractivity (Wildman–Crippen MR) is 62.7 cm³/mol. The normalized spacial score (nSPS) is 20.5. The molecule has 1 rings (SSSR count). The van der Waals surface area contributed by atoms with Gasteiger partial charge in [0.15, 0.2) is 0 Å². The lowest BCUT2D eigenvalue weighted by atomic mass is 9.75. The van der Waals surface area contributed by atoms with Crippen molar-refractivity contribution in [2.45, 2.75) is 33.1 Å². The quantitative estimate of drug-likeness (QED) is 0.763. The lowest BCUT2D eigenvalue weighted by Gasteiger charge is -2.33. The molecule has 1 aliphatic heterocycles. The van der Waals surface area contributed by atoms with Crippen LogP contribution in [0.1, 0.15) is 33.1 Å². The Balaban J connectivity index is 2.53. The van der Waals surface area contributed by atoms with E-state index in [1.807, 2.05) is 13.8 Å². The Labute approximate surface area is 93.0 Å². The van der Waals surface area contributed by atoms with Gasteiger partial charge in [0.1, 0.15) is 5.78 Å². The molecule has 2 N–H and O–H groups in total. The summed E-state index contributed by atoms with van der Waals surface area (Å²) < 4.78 is 0. The van der Waals surface area contributed by atoms with E-state index in [-0.39, 0.29) is 11.3 Å². The van der Waals surface area contributed by atoms with Gasteiger partial charge in [0, 0.05) is 11.3 Å². The van der Waals surface area contributed by atoms with Crippen LogP contribution in [-0.4, -0.2) is 37.4 Å². The molecule has 0 aliphatic carbocycles. The Hall–Kier alpha value is -0.410. The van der Waals surface area contributed by atoms with E-state index in [0.717, 1.165) is 32.4 Å². The van der Waals surface area contributed by atoms with Crippen LogP contribution in [-0.2, 0) is 4.79 Å². The zero-order valence-electron chi connectivity index (χ0n) is 10.3. The number of Topliss-reactive ketones (excluding diaryl/α,β-unsaturated/α-hetero) is 1. The van der Waals surface area contributed by atoms with E-state index in [1.165, 1.54) is 0 Å². The highest BCUT2D eigenvalue weighted by Crippen LogP contribution is 2.29. The first-order valence-electron chi connectivity index (χ1n) is 5.90. The van der Waals surface area contributed by atoms with Gasteiger partial charge in [0.25, 0.3) is 0 Å². The third kappa shape index (κ3) is 3.28. The number of carbonyl (C=O) groups excluding carboxylic acids is 1. The fourth-order valence-corrected chi connectivity index (χ4v) is 2.31. The second-order valence-electron chi connectivity index (χ2n) is 5.36. The topological polar surface area (TPSA) is 46.3 Å². The summed E-state index contributed by atoms with van der Waals surface area (Å²) in [7, 11) is 2.12. The van der Waals surface area contributed by atoms with Crippen LogP contribution in [0, 0.1) is 11.3 Å². The van der Waals surface area contributed by atoms with Crippen LogP contribution in [0.4, 0.5) is 0 Å². The molecule has 3 heteroatoms. The number of nitrogens with two attached hydrogens (primary N) is 1. The van der Waals surface area contributed by atoms with Crippen molar-refractivity contribution in [3.63, 3.8) is 0 Å². The fraction of sp³-hybridized carbons (Fsp3) is 0.917. The number of rotatable bonds is 4. The van der Waals surface area contributed by atoms with Gasteiger partial charge in [-0.15, -0.1) is 0 Å². The summed E-state index contributed by atoms with van der Waals surface area (Å²) in [6, 6.07) is 0. The molecule has 0 amide bonds. The molecular weight excluding hydrogens is 188 g/mol. The van der Waals surface area contributed by atoms with Gasteiger partial charge in [-0.25, -0.2) is 0 Å². The van der Waals surface area contributed by atoms with E-state index < -0.39 is 0 Å². The molecule has 1 aliphatic rings. The van der Waals surface area contributed by atoms with E-state index in [1.54, 1.807) is 0 Å². The van der Waals surface area contributed by atoms with Crippen LogP contribution in [0.2, 0.25) is 0 Å². The number of piperidine rings is 1. The maximum Gasteiger partial charge on any atom is 0.141 e. The molecule has 0 radical (unpaired) electrons. The highest BCUT2D eigenvalue weighted by atomic mass is 16.1. The second-order valence-corrected chi connectivity index (χ2v) is 5.36. The van der Waals surface area contributed by atoms with Crippen molar-refractivity contribution in [3.05, 3.63) is 0 Å². The molecule has 1 heterocycles. The number of ketones is 1. The molecule has 0 aromatic rings. The van der Waals surface area contributed by atoms with E-state index in [0.29, 0.717) is 12.3 Å². The number of hydrogen-bond donors (Lipinski definition) is 1. The van der Waals surface area contributed by atoms with Crippen LogP contribution < -0.4 is 5.73 Å². The van der Waals surface area contributed by atoms with E-state index in [9.17, 15) is 4.79 Å². The van der Waals surface area contributed by atoms with Crippen molar-refractivity contribution in [3.8, 4) is 0 Å². The summed E-state index contributed by atoms with van der Waals surface area (Å²) in [4.78, 5) is 14.5. The van der Waals surface area contributed by atoms with Crippen LogP contribution in [0.5, 0.6) is 0 Å². The molecule has 0 aromatic heterocycles. The van der Waals surface area contributed by atoms with Gasteiger partial charge in [-0.1, -0.05) is 13.8 Å². The van der Waals surface area contributed by atoms with E-state index in [4.69, 9.17) is 5.73 Å². The fourth-order valence-electron chi connectivity index (χ4n) is 2.31. The molecule has 0 saturated carbocycles. The van der Waals surface area contributed by atoms with Gasteiger partial charge in [-0.2, -0.15) is 0 Å². The monoisotopic (exact) mass is 212 g/mol. The summed E-state index contributed by atoms with van der Waals surface area (Å²) >= 11 is 0. The molecule has 15 heavy (non-hydrogen) atoms. The first kappa shape index (κ1) is 12.7. The maximum atomic E-state index is 12.2. The molecule has 1 fully saturated rings. The molecule has 0 aromatic carbocycles. The predicted octanol–water partition coefficient (Wildman–Crippen LogP) is 1.27. The lowest BCUT2D eigenvalue weighted by molar-refractivity contribution is -0.132. The molecular formula is C12H24N2O. The Bertz CT molecular complexity index is 218. The van der Waals surface area contributed by atoms with Gasteiger partial charge in [-0.05, 0) is 45.9 Å². The Morgan fingerprint density at radius 1 is 1.40 bits per heavy atom. The molecule has 3 nitrogen and oxygen atoms in total. The molecule has 0 atom stereocenters. The number of nitrogens with zero attached hydrogens (tertiary/aromatic N) is 1. The van der Waals surface area contributed by atoms with Crippen molar-refractivity contribution >= 4 is 5.78 Å². The van der Waals surface area contributed by atoms with Gasteiger partial charge in [0.05, 0.1) is 0 Å². The van der Waals surface area contributed by atoms with Crippen molar-refractivity contribution in [2.24, 2.45) is 17.1 Å². The van der Waals surface area contributed by atoms with Gasteiger partial charge in [0.2, 0.25) is 0 Å². The average Bonchev–Trinajstić information content (AvgIpc) is 2.18. The van der Waals surface area contributed by atoms with Crippen LogP contribution in [0.15, 0.2) is 0 Å². The first-order chi connectivity index (χ1) is 6.97. The van der Waals surface area contributed by atoms with Gasteiger partial charge >= 0.3 is 0 Å². The average molecular weight is 212 g/mol. The van der Waals surface area contributed by atoms with Crippen molar-refractivity contribution in [1.82, 2.24) is 4.90 Å². The van der Waals surface area contributed by atoms with Crippen LogP contribution >= 0.6 is 0 Å². The van der Waals surface area contributed by atoms with E-state index >= 15 is 0 Å². The Kier molecular flexibility index (Phi) is 4.29. The largest absolute Gasteiger partial charge is 0.330 e. The lowest BCUT2D eigenvalue weighted by Crippen LogP contribution is -2.39. The Morgan fingerprint density at radius 2 is 1.93 bits per heavy atom. The zero-order chi connectivity index (χ0) is 11.5.